The SMILES string of the molecule is Cc1cccc2oc(=O)n(C(=O)c3cc(F)cc(F)c3)c12. The first-order valence-electron chi connectivity index (χ1n) is 6.09. The maximum Gasteiger partial charge on any atom is 0.427 e. The van der Waals surface area contributed by atoms with Crippen LogP contribution in [0.1, 0.15) is 15.9 Å². The lowest BCUT2D eigenvalue weighted by Gasteiger charge is -2.03. The van der Waals surface area contributed by atoms with Crippen molar-refractivity contribution in [3.63, 3.8) is 0 Å². The molecule has 21 heavy (non-hydrogen) atoms. The molecule has 1 aromatic heterocycles. The zero-order valence-corrected chi connectivity index (χ0v) is 10.9. The molecule has 3 rings (SSSR count). The average molecular weight is 289 g/mol. The predicted molar refractivity (Wildman–Crippen MR) is 71.3 cm³/mol. The van der Waals surface area contributed by atoms with Crippen molar-refractivity contribution in [3.05, 3.63) is 69.7 Å². The number of aromatic nitrogens is 1. The number of carbonyl (C=O) groups excluding carboxylic acids is 1. The van der Waals surface area contributed by atoms with Crippen LogP contribution in [0.25, 0.3) is 11.1 Å². The maximum atomic E-state index is 13.2. The molecule has 0 N–H and O–H groups in total. The number of aryl methyl sites for hydroxylation is 1. The van der Waals surface area contributed by atoms with Crippen molar-refractivity contribution in [2.45, 2.75) is 6.92 Å². The lowest BCUT2D eigenvalue weighted by molar-refractivity contribution is 0.0955. The van der Waals surface area contributed by atoms with Gasteiger partial charge in [-0.25, -0.2) is 18.1 Å². The van der Waals surface area contributed by atoms with Crippen LogP contribution in [0.2, 0.25) is 0 Å². The third-order valence-electron chi connectivity index (χ3n) is 3.12. The summed E-state index contributed by atoms with van der Waals surface area (Å²) >= 11 is 0. The second-order valence-electron chi connectivity index (χ2n) is 4.59. The molecule has 0 fully saturated rings. The van der Waals surface area contributed by atoms with Crippen molar-refractivity contribution in [3.8, 4) is 0 Å². The zero-order chi connectivity index (χ0) is 15.1. The molecule has 3 aromatic rings. The number of rotatable bonds is 1. The molecule has 4 nitrogen and oxygen atoms in total. The molecule has 0 atom stereocenters. The highest BCUT2D eigenvalue weighted by Crippen LogP contribution is 2.19. The standard InChI is InChI=1S/C15H9F2NO3/c1-8-3-2-4-12-13(8)18(15(20)21-12)14(19)9-5-10(16)7-11(17)6-9/h2-7H,1H3. The first-order chi connectivity index (χ1) is 9.97. The van der Waals surface area contributed by atoms with Gasteiger partial charge in [0.15, 0.2) is 5.58 Å². The van der Waals surface area contributed by atoms with Gasteiger partial charge in [-0.05, 0) is 30.7 Å². The zero-order valence-electron chi connectivity index (χ0n) is 10.9. The summed E-state index contributed by atoms with van der Waals surface area (Å²) < 4.78 is 32.2. The van der Waals surface area contributed by atoms with Gasteiger partial charge >= 0.3 is 5.76 Å². The molecule has 0 amide bonds. The lowest BCUT2D eigenvalue weighted by atomic mass is 10.1. The largest absolute Gasteiger partial charge is 0.427 e. The summed E-state index contributed by atoms with van der Waals surface area (Å²) in [5.74, 6) is -3.52. The van der Waals surface area contributed by atoms with E-state index in [0.717, 1.165) is 16.7 Å². The number of carbonyl (C=O) groups is 1. The van der Waals surface area contributed by atoms with Gasteiger partial charge in [0.25, 0.3) is 5.91 Å². The van der Waals surface area contributed by atoms with Crippen LogP contribution >= 0.6 is 0 Å². The van der Waals surface area contributed by atoms with E-state index in [-0.39, 0.29) is 16.7 Å². The van der Waals surface area contributed by atoms with E-state index in [1.54, 1.807) is 25.1 Å². The van der Waals surface area contributed by atoms with Crippen molar-refractivity contribution in [2.24, 2.45) is 0 Å². The molecule has 0 saturated heterocycles. The second-order valence-corrected chi connectivity index (χ2v) is 4.59. The van der Waals surface area contributed by atoms with Crippen molar-refractivity contribution in [2.75, 3.05) is 0 Å². The quantitative estimate of drug-likeness (QED) is 0.692. The summed E-state index contributed by atoms with van der Waals surface area (Å²) in [6, 6.07) is 7.31. The van der Waals surface area contributed by atoms with E-state index in [1.807, 2.05) is 0 Å². The molecule has 0 radical (unpaired) electrons. The first kappa shape index (κ1) is 13.2. The number of halogens is 2. The summed E-state index contributed by atoms with van der Waals surface area (Å²) in [5.41, 5.74) is 0.909. The Labute approximate surface area is 117 Å². The summed E-state index contributed by atoms with van der Waals surface area (Å²) in [6.45, 7) is 1.70. The summed E-state index contributed by atoms with van der Waals surface area (Å²) in [7, 11) is 0. The van der Waals surface area contributed by atoms with Crippen molar-refractivity contribution in [1.29, 1.82) is 0 Å². The number of benzene rings is 2. The Balaban J connectivity index is 2.27. The third-order valence-corrected chi connectivity index (χ3v) is 3.12. The van der Waals surface area contributed by atoms with Crippen LogP contribution < -0.4 is 5.76 Å². The Morgan fingerprint density at radius 3 is 2.48 bits per heavy atom. The highest BCUT2D eigenvalue weighted by Gasteiger charge is 2.20. The maximum absolute atomic E-state index is 13.2. The van der Waals surface area contributed by atoms with Crippen LogP contribution in [0.3, 0.4) is 0 Å². The van der Waals surface area contributed by atoms with Crippen molar-refractivity contribution < 1.29 is 18.0 Å². The molecule has 6 heteroatoms. The molecule has 0 bridgehead atoms. The fourth-order valence-corrected chi connectivity index (χ4v) is 2.22. The van der Waals surface area contributed by atoms with E-state index >= 15 is 0 Å². The van der Waals surface area contributed by atoms with Crippen LogP contribution in [-0.2, 0) is 0 Å². The minimum atomic E-state index is -0.894. The smallest absolute Gasteiger partial charge is 0.407 e. The normalized spacial score (nSPS) is 11.0. The molecule has 0 unspecified atom stereocenters. The number of hydrogen-bond donors (Lipinski definition) is 0. The summed E-state index contributed by atoms with van der Waals surface area (Å²) in [5, 5.41) is 0. The number of oxazole rings is 1. The highest BCUT2D eigenvalue weighted by atomic mass is 19.1. The molecule has 1 heterocycles. The second kappa shape index (κ2) is 4.66. The van der Waals surface area contributed by atoms with Gasteiger partial charge in [-0.2, -0.15) is 0 Å². The first-order valence-corrected chi connectivity index (χ1v) is 6.09. The van der Waals surface area contributed by atoms with Crippen molar-refractivity contribution in [1.82, 2.24) is 4.57 Å². The Morgan fingerprint density at radius 2 is 1.81 bits per heavy atom. The fourth-order valence-electron chi connectivity index (χ4n) is 2.22. The van der Waals surface area contributed by atoms with Crippen LogP contribution in [0.5, 0.6) is 0 Å². The van der Waals surface area contributed by atoms with Crippen LogP contribution in [0.4, 0.5) is 8.78 Å². The van der Waals surface area contributed by atoms with Gasteiger partial charge in [-0.15, -0.1) is 0 Å². The van der Waals surface area contributed by atoms with Gasteiger partial charge in [0, 0.05) is 11.6 Å². The Morgan fingerprint density at radius 1 is 1.14 bits per heavy atom. The average Bonchev–Trinajstić information content (AvgIpc) is 2.74. The molecule has 0 saturated carbocycles. The number of para-hydroxylation sites is 1. The van der Waals surface area contributed by atoms with Crippen LogP contribution in [0, 0.1) is 18.6 Å². The molecule has 106 valence electrons. The Bertz CT molecular complexity index is 904. The molecule has 0 aliphatic rings. The van der Waals surface area contributed by atoms with Gasteiger partial charge in [-0.1, -0.05) is 12.1 Å². The summed E-state index contributed by atoms with van der Waals surface area (Å²) in [6.07, 6.45) is 0. The molecule has 0 aliphatic carbocycles. The number of nitrogens with zero attached hydrogens (tertiary/aromatic N) is 1. The third kappa shape index (κ3) is 2.14. The fraction of sp³-hybridized carbons (Fsp3) is 0.0667. The van der Waals surface area contributed by atoms with Crippen LogP contribution in [0.15, 0.2) is 45.6 Å². The van der Waals surface area contributed by atoms with Gasteiger partial charge < -0.3 is 4.42 Å². The minimum Gasteiger partial charge on any atom is -0.407 e. The van der Waals surface area contributed by atoms with E-state index in [9.17, 15) is 18.4 Å². The lowest BCUT2D eigenvalue weighted by Crippen LogP contribution is -2.23. The van der Waals surface area contributed by atoms with E-state index < -0.39 is 23.3 Å². The molecular formula is C15H9F2NO3. The Hall–Kier alpha value is -2.76. The van der Waals surface area contributed by atoms with E-state index in [1.165, 1.54) is 0 Å². The minimum absolute atomic E-state index is 0.241. The number of fused-ring (bicyclic) bond motifs is 1. The molecule has 0 aliphatic heterocycles. The molecule has 2 aromatic carbocycles. The highest BCUT2D eigenvalue weighted by molar-refractivity contribution is 6.01. The van der Waals surface area contributed by atoms with Gasteiger partial charge in [0.1, 0.15) is 17.2 Å². The van der Waals surface area contributed by atoms with E-state index in [0.29, 0.717) is 11.6 Å². The van der Waals surface area contributed by atoms with Gasteiger partial charge in [0.2, 0.25) is 0 Å². The van der Waals surface area contributed by atoms with E-state index in [2.05, 4.69) is 0 Å². The predicted octanol–water partition coefficient (Wildman–Crippen LogP) is 2.87. The summed E-state index contributed by atoms with van der Waals surface area (Å²) in [4.78, 5) is 24.2. The van der Waals surface area contributed by atoms with Gasteiger partial charge in [0.05, 0.1) is 0 Å². The Kier molecular flexibility index (Phi) is 2.94. The van der Waals surface area contributed by atoms with E-state index in [4.69, 9.17) is 4.42 Å². The molecule has 0 spiro atoms. The monoisotopic (exact) mass is 289 g/mol. The topological polar surface area (TPSA) is 52.2 Å². The molecular weight excluding hydrogens is 280 g/mol. The van der Waals surface area contributed by atoms with Gasteiger partial charge in [-0.3, -0.25) is 4.79 Å². The van der Waals surface area contributed by atoms with Crippen molar-refractivity contribution >= 4 is 17.0 Å². The number of hydrogen-bond acceptors (Lipinski definition) is 3. The van der Waals surface area contributed by atoms with Crippen LogP contribution in [-0.4, -0.2) is 10.5 Å².